The molecule has 0 bridgehead atoms. The molecule has 1 amide bonds. The fourth-order valence-electron chi connectivity index (χ4n) is 2.21. The number of nitrogens with zero attached hydrogens (tertiary/aromatic N) is 1. The van der Waals surface area contributed by atoms with E-state index in [1.165, 1.54) is 12.0 Å². The second-order valence-corrected chi connectivity index (χ2v) is 6.32. The first-order valence-corrected chi connectivity index (χ1v) is 7.11. The number of epoxide rings is 1. The maximum Gasteiger partial charge on any atom is 0.411 e. The summed E-state index contributed by atoms with van der Waals surface area (Å²) in [5, 5.41) is 0. The molecule has 2 heterocycles. The number of esters is 1. The number of hydrogen-bond acceptors (Lipinski definition) is 6. The van der Waals surface area contributed by atoms with Gasteiger partial charge in [-0.2, -0.15) is 0 Å². The molecule has 21 heavy (non-hydrogen) atoms. The van der Waals surface area contributed by atoms with Crippen molar-refractivity contribution in [1.29, 1.82) is 0 Å². The van der Waals surface area contributed by atoms with Crippen molar-refractivity contribution in [3.8, 4) is 0 Å². The van der Waals surface area contributed by atoms with Crippen LogP contribution in [0.25, 0.3) is 0 Å². The Labute approximate surface area is 124 Å². The molecule has 0 N–H and O–H groups in total. The number of hydrogen-bond donors (Lipinski definition) is 0. The highest BCUT2D eigenvalue weighted by Crippen LogP contribution is 2.25. The normalized spacial score (nSPS) is 28.4. The lowest BCUT2D eigenvalue weighted by atomic mass is 10.2. The molecule has 2 aliphatic heterocycles. The van der Waals surface area contributed by atoms with Gasteiger partial charge in [-0.15, -0.1) is 0 Å². The highest BCUT2D eigenvalue weighted by molar-refractivity contribution is 5.82. The summed E-state index contributed by atoms with van der Waals surface area (Å²) in [4.78, 5) is 25.4. The van der Waals surface area contributed by atoms with Crippen LogP contribution < -0.4 is 0 Å². The van der Waals surface area contributed by atoms with Gasteiger partial charge in [0, 0.05) is 6.42 Å². The Morgan fingerprint density at radius 3 is 2.52 bits per heavy atom. The lowest BCUT2D eigenvalue weighted by Crippen LogP contribution is -2.44. The smallest absolute Gasteiger partial charge is 0.411 e. The maximum atomic E-state index is 12.2. The summed E-state index contributed by atoms with van der Waals surface area (Å²) in [5.41, 5.74) is -0.613. The summed E-state index contributed by atoms with van der Waals surface area (Å²) < 4.78 is 20.9. The fourth-order valence-corrected chi connectivity index (χ4v) is 2.21. The number of carbonyl (C=O) groups is 2. The zero-order valence-corrected chi connectivity index (χ0v) is 13.0. The number of ether oxygens (including phenoxy) is 4. The van der Waals surface area contributed by atoms with Crippen molar-refractivity contribution in [3.63, 3.8) is 0 Å². The van der Waals surface area contributed by atoms with E-state index in [9.17, 15) is 9.59 Å². The van der Waals surface area contributed by atoms with E-state index in [-0.39, 0.29) is 12.2 Å². The standard InChI is InChI=1S/C14H23NO6/c1-14(2,3)21-13(17)15-6-9(19-7-10-8-20-10)5-11(15)12(16)18-4/h9-11H,5-8H2,1-4H3. The van der Waals surface area contributed by atoms with Gasteiger partial charge in [-0.05, 0) is 20.8 Å². The summed E-state index contributed by atoms with van der Waals surface area (Å²) in [5.74, 6) is -0.449. The van der Waals surface area contributed by atoms with Crippen LogP contribution in [0, 0.1) is 0 Å². The largest absolute Gasteiger partial charge is 0.467 e. The van der Waals surface area contributed by atoms with Crippen molar-refractivity contribution in [2.45, 2.75) is 51.0 Å². The summed E-state index contributed by atoms with van der Waals surface area (Å²) in [7, 11) is 1.31. The van der Waals surface area contributed by atoms with Gasteiger partial charge in [-0.25, -0.2) is 9.59 Å². The van der Waals surface area contributed by atoms with Crippen LogP contribution in [0.5, 0.6) is 0 Å². The third kappa shape index (κ3) is 4.57. The van der Waals surface area contributed by atoms with E-state index < -0.39 is 23.7 Å². The number of carbonyl (C=O) groups excluding carboxylic acids is 2. The Morgan fingerprint density at radius 2 is 2.00 bits per heavy atom. The van der Waals surface area contributed by atoms with Gasteiger partial charge in [0.2, 0.25) is 0 Å². The first kappa shape index (κ1) is 16.0. The van der Waals surface area contributed by atoms with Crippen LogP contribution in [-0.4, -0.2) is 67.7 Å². The molecule has 0 saturated carbocycles. The molecule has 7 nitrogen and oxygen atoms in total. The molecular weight excluding hydrogens is 278 g/mol. The fraction of sp³-hybridized carbons (Fsp3) is 0.857. The lowest BCUT2D eigenvalue weighted by molar-refractivity contribution is -0.145. The molecule has 2 rings (SSSR count). The third-order valence-corrected chi connectivity index (χ3v) is 3.28. The van der Waals surface area contributed by atoms with E-state index in [0.29, 0.717) is 26.2 Å². The minimum Gasteiger partial charge on any atom is -0.467 e. The van der Waals surface area contributed by atoms with Gasteiger partial charge in [0.05, 0.1) is 33.0 Å². The van der Waals surface area contributed by atoms with Gasteiger partial charge < -0.3 is 18.9 Å². The zero-order valence-electron chi connectivity index (χ0n) is 13.0. The first-order chi connectivity index (χ1) is 9.80. The molecule has 0 aromatic rings. The molecule has 0 spiro atoms. The highest BCUT2D eigenvalue weighted by Gasteiger charge is 2.43. The molecule has 3 unspecified atom stereocenters. The molecular formula is C14H23NO6. The minimum atomic E-state index is -0.657. The number of methoxy groups -OCH3 is 1. The van der Waals surface area contributed by atoms with Gasteiger partial charge >= 0.3 is 12.1 Å². The second-order valence-electron chi connectivity index (χ2n) is 6.32. The molecule has 0 aromatic heterocycles. The van der Waals surface area contributed by atoms with Crippen molar-refractivity contribution in [1.82, 2.24) is 4.90 Å². The Kier molecular flexibility index (Phi) is 4.73. The molecule has 2 aliphatic rings. The van der Waals surface area contributed by atoms with Crippen LogP contribution in [-0.2, 0) is 23.7 Å². The van der Waals surface area contributed by atoms with Crippen LogP contribution in [0.1, 0.15) is 27.2 Å². The molecule has 7 heteroatoms. The molecule has 2 saturated heterocycles. The van der Waals surface area contributed by atoms with Crippen LogP contribution in [0.3, 0.4) is 0 Å². The molecule has 120 valence electrons. The Bertz CT molecular complexity index is 401. The van der Waals surface area contributed by atoms with E-state index in [1.54, 1.807) is 20.8 Å². The van der Waals surface area contributed by atoms with Crippen molar-refractivity contribution in [2.24, 2.45) is 0 Å². The summed E-state index contributed by atoms with van der Waals surface area (Å²) in [6.07, 6.45) is -0.159. The SMILES string of the molecule is COC(=O)C1CC(OCC2CO2)CN1C(=O)OC(C)(C)C. The van der Waals surface area contributed by atoms with Gasteiger partial charge in [-0.3, -0.25) is 4.90 Å². The van der Waals surface area contributed by atoms with Crippen LogP contribution >= 0.6 is 0 Å². The Hall–Kier alpha value is -1.34. The zero-order chi connectivity index (χ0) is 15.6. The lowest BCUT2D eigenvalue weighted by Gasteiger charge is -2.27. The van der Waals surface area contributed by atoms with Crippen LogP contribution in [0.15, 0.2) is 0 Å². The van der Waals surface area contributed by atoms with Gasteiger partial charge in [-0.1, -0.05) is 0 Å². The molecule has 0 aliphatic carbocycles. The van der Waals surface area contributed by atoms with Gasteiger partial charge in [0.25, 0.3) is 0 Å². The van der Waals surface area contributed by atoms with Crippen LogP contribution in [0.4, 0.5) is 4.79 Å². The van der Waals surface area contributed by atoms with E-state index in [4.69, 9.17) is 18.9 Å². The van der Waals surface area contributed by atoms with Crippen molar-refractivity contribution < 1.29 is 28.5 Å². The van der Waals surface area contributed by atoms with Crippen molar-refractivity contribution in [3.05, 3.63) is 0 Å². The minimum absolute atomic E-state index is 0.150. The van der Waals surface area contributed by atoms with E-state index >= 15 is 0 Å². The molecule has 2 fully saturated rings. The summed E-state index contributed by atoms with van der Waals surface area (Å²) in [6.45, 7) is 6.87. The Morgan fingerprint density at radius 1 is 1.33 bits per heavy atom. The monoisotopic (exact) mass is 301 g/mol. The second kappa shape index (κ2) is 6.19. The molecule has 0 aromatic carbocycles. The maximum absolute atomic E-state index is 12.2. The predicted molar refractivity (Wildman–Crippen MR) is 72.8 cm³/mol. The quantitative estimate of drug-likeness (QED) is 0.568. The van der Waals surface area contributed by atoms with E-state index in [1.807, 2.05) is 0 Å². The summed E-state index contributed by atoms with van der Waals surface area (Å²) >= 11 is 0. The van der Waals surface area contributed by atoms with E-state index in [2.05, 4.69) is 0 Å². The first-order valence-electron chi connectivity index (χ1n) is 7.11. The highest BCUT2D eigenvalue weighted by atomic mass is 16.6. The number of likely N-dealkylation sites (tertiary alicyclic amines) is 1. The molecule has 0 radical (unpaired) electrons. The Balaban J connectivity index is 1.97. The van der Waals surface area contributed by atoms with Gasteiger partial charge in [0.1, 0.15) is 17.7 Å². The van der Waals surface area contributed by atoms with Gasteiger partial charge in [0.15, 0.2) is 0 Å². The van der Waals surface area contributed by atoms with Crippen LogP contribution in [0.2, 0.25) is 0 Å². The molecule has 3 atom stereocenters. The van der Waals surface area contributed by atoms with E-state index in [0.717, 1.165) is 0 Å². The summed E-state index contributed by atoms with van der Waals surface area (Å²) in [6, 6.07) is -0.657. The number of amides is 1. The van der Waals surface area contributed by atoms with Crippen molar-refractivity contribution >= 4 is 12.1 Å². The van der Waals surface area contributed by atoms with Crippen molar-refractivity contribution in [2.75, 3.05) is 26.9 Å². The third-order valence-electron chi connectivity index (χ3n) is 3.28. The average Bonchev–Trinajstić information content (AvgIpc) is 3.11. The average molecular weight is 301 g/mol. The number of rotatable bonds is 4. The predicted octanol–water partition coefficient (Wildman–Crippen LogP) is 0.953. The topological polar surface area (TPSA) is 77.6 Å².